The summed E-state index contributed by atoms with van der Waals surface area (Å²) >= 11 is 5.18. The highest BCUT2D eigenvalue weighted by Gasteiger charge is 2.38. The highest BCUT2D eigenvalue weighted by atomic mass is 32.7. The first kappa shape index (κ1) is 27.7. The Morgan fingerprint density at radius 3 is 2.66 bits per heavy atom. The first-order valence-electron chi connectivity index (χ1n) is 12.8. The van der Waals surface area contributed by atoms with Crippen LogP contribution in [0.4, 0.5) is 5.82 Å². The molecule has 0 aliphatic carbocycles. The molecule has 13 heteroatoms. The van der Waals surface area contributed by atoms with Crippen LogP contribution in [-0.4, -0.2) is 54.2 Å². The number of aromatic nitrogens is 4. The topological polar surface area (TPSA) is 147 Å². The van der Waals surface area contributed by atoms with Crippen molar-refractivity contribution in [3.8, 4) is 0 Å². The van der Waals surface area contributed by atoms with E-state index in [4.69, 9.17) is 26.0 Å². The minimum Gasteiger partial charge on any atom is -0.858 e. The smallest absolute Gasteiger partial charge is 0.286 e. The number of fused-ring (bicyclic) bond motifs is 2. The van der Waals surface area contributed by atoms with Gasteiger partial charge < -0.3 is 27.2 Å². The molecule has 0 bridgehead atoms. The number of hydrogen-bond donors (Lipinski definition) is 2. The normalized spacial score (nSPS) is 21.0. The molecule has 3 heterocycles. The lowest BCUT2D eigenvalue weighted by Gasteiger charge is -2.23. The Bertz CT molecular complexity index is 1700. The Labute approximate surface area is 240 Å². The van der Waals surface area contributed by atoms with Gasteiger partial charge in [0.05, 0.1) is 12.4 Å². The summed E-state index contributed by atoms with van der Waals surface area (Å²) in [5.41, 5.74) is 1.99. The van der Waals surface area contributed by atoms with E-state index in [1.54, 1.807) is 28.8 Å². The third kappa shape index (κ3) is 6.24. The molecule has 41 heavy (non-hydrogen) atoms. The van der Waals surface area contributed by atoms with E-state index in [1.807, 2.05) is 48.5 Å². The predicted octanol–water partition coefficient (Wildman–Crippen LogP) is 3.52. The molecule has 5 aromatic rings. The number of nitrogens with zero attached hydrogens (tertiary/aromatic N) is 5. The van der Waals surface area contributed by atoms with Crippen molar-refractivity contribution in [2.75, 3.05) is 6.61 Å². The fourth-order valence-corrected chi connectivity index (χ4v) is 5.66. The number of imidazole rings is 1. The lowest BCUT2D eigenvalue weighted by atomic mass is 10.1. The largest absolute Gasteiger partial charge is 0.858 e. The van der Waals surface area contributed by atoms with E-state index in [-0.39, 0.29) is 25.5 Å². The van der Waals surface area contributed by atoms with Gasteiger partial charge in [-0.15, -0.1) is 0 Å². The van der Waals surface area contributed by atoms with Crippen LogP contribution in [0.25, 0.3) is 21.9 Å². The van der Waals surface area contributed by atoms with Gasteiger partial charge >= 0.3 is 0 Å². The molecule has 3 aromatic carbocycles. The monoisotopic (exact) mass is 590 g/mol. The van der Waals surface area contributed by atoms with Crippen molar-refractivity contribution < 1.29 is 28.9 Å². The Morgan fingerprint density at radius 2 is 1.83 bits per heavy atom. The molecular weight excluding hydrogens is 565 g/mol. The molecule has 2 aromatic heterocycles. The van der Waals surface area contributed by atoms with Gasteiger partial charge in [0.15, 0.2) is 17.0 Å². The number of benzene rings is 3. The van der Waals surface area contributed by atoms with Crippen molar-refractivity contribution >= 4 is 53.0 Å². The van der Waals surface area contributed by atoms with Gasteiger partial charge in [0.2, 0.25) is 0 Å². The standard InChI is InChI=1S/C28H26N5O6PS/c34-22-13-24(33-17-31-25-26(29-16-30-27(25)33)32-28(35)20-7-2-1-3-8-20)39-23(22)15-38-40(36,41)37-14-18-10-11-19-6-4-5-9-21(19)12-18/h1-12,16-17,22-24,34H,13-15H2,(H,36,41)(H,29,30,32,35)/p-1/t22-,23+,24+,40?/m0/s1. The third-order valence-corrected chi connectivity index (χ3v) is 8.26. The summed E-state index contributed by atoms with van der Waals surface area (Å²) in [6.07, 6.45) is 0.685. The van der Waals surface area contributed by atoms with Crippen LogP contribution in [0.2, 0.25) is 0 Å². The van der Waals surface area contributed by atoms with Gasteiger partial charge in [-0.1, -0.05) is 66.7 Å². The molecular formula is C28H25N5O6PS-. The molecule has 1 unspecified atom stereocenters. The number of hydrogen-bond acceptors (Lipinski definition) is 11. The van der Waals surface area contributed by atoms with E-state index in [0.29, 0.717) is 16.7 Å². The molecule has 1 aliphatic heterocycles. The Kier molecular flexibility index (Phi) is 7.96. The van der Waals surface area contributed by atoms with Crippen molar-refractivity contribution in [2.24, 2.45) is 4.99 Å². The lowest BCUT2D eigenvalue weighted by Crippen LogP contribution is -2.26. The highest BCUT2D eigenvalue weighted by molar-refractivity contribution is 8.35. The molecule has 0 amide bonds. The van der Waals surface area contributed by atoms with Crippen LogP contribution in [0.15, 0.2) is 90.4 Å². The minimum atomic E-state index is -3.60. The Morgan fingerprint density at radius 1 is 1.05 bits per heavy atom. The third-order valence-electron chi connectivity index (χ3n) is 6.69. The molecule has 0 saturated carbocycles. The summed E-state index contributed by atoms with van der Waals surface area (Å²) in [6.45, 7) is -0.0901. The van der Waals surface area contributed by atoms with Crippen LogP contribution in [-0.2, 0) is 32.6 Å². The van der Waals surface area contributed by atoms with Gasteiger partial charge in [0.1, 0.15) is 31.9 Å². The molecule has 0 spiro atoms. The zero-order valence-electron chi connectivity index (χ0n) is 21.6. The fraction of sp³-hybridized carbons (Fsp3) is 0.214. The van der Waals surface area contributed by atoms with Crippen LogP contribution in [0.1, 0.15) is 23.8 Å². The van der Waals surface area contributed by atoms with Crippen molar-refractivity contribution in [3.63, 3.8) is 0 Å². The summed E-state index contributed by atoms with van der Waals surface area (Å²) in [5, 5.41) is 25.4. The molecule has 1 fully saturated rings. The second-order valence-electron chi connectivity index (χ2n) is 9.46. The maximum absolute atomic E-state index is 12.6. The van der Waals surface area contributed by atoms with E-state index in [0.717, 1.165) is 16.3 Å². The quantitative estimate of drug-likeness (QED) is 0.113. The maximum Gasteiger partial charge on any atom is 0.286 e. The molecule has 6 rings (SSSR count). The highest BCUT2D eigenvalue weighted by Crippen LogP contribution is 2.55. The first-order chi connectivity index (χ1) is 19.9. The molecule has 11 nitrogen and oxygen atoms in total. The average Bonchev–Trinajstić information content (AvgIpc) is 3.59. The van der Waals surface area contributed by atoms with Gasteiger partial charge in [-0.25, -0.2) is 24.8 Å². The molecule has 210 valence electrons. The summed E-state index contributed by atoms with van der Waals surface area (Å²) in [6, 6.07) is 22.4. The predicted molar refractivity (Wildman–Crippen MR) is 154 cm³/mol. The number of ether oxygens (including phenoxy) is 1. The van der Waals surface area contributed by atoms with Crippen molar-refractivity contribution in [1.82, 2.24) is 19.5 Å². The Balaban J connectivity index is 1.10. The summed E-state index contributed by atoms with van der Waals surface area (Å²) in [5.74, 6) is -0.321. The van der Waals surface area contributed by atoms with E-state index < -0.39 is 31.5 Å². The van der Waals surface area contributed by atoms with Crippen LogP contribution < -0.4 is 5.11 Å². The fourth-order valence-electron chi connectivity index (χ4n) is 4.60. The zero-order chi connectivity index (χ0) is 28.4. The van der Waals surface area contributed by atoms with Crippen molar-refractivity contribution in [3.05, 3.63) is 96.6 Å². The van der Waals surface area contributed by atoms with E-state index in [2.05, 4.69) is 19.9 Å². The van der Waals surface area contributed by atoms with Gasteiger partial charge in [-0.3, -0.25) is 4.57 Å². The zero-order valence-corrected chi connectivity index (χ0v) is 23.3. The Hall–Kier alpha value is -3.48. The minimum absolute atomic E-state index is 0.0796. The molecule has 4 atom stereocenters. The number of aliphatic hydroxyl groups excluding tert-OH is 1. The van der Waals surface area contributed by atoms with E-state index in [9.17, 15) is 15.1 Å². The maximum atomic E-state index is 12.6. The number of aliphatic hydroxyl groups is 1. The van der Waals surface area contributed by atoms with Crippen molar-refractivity contribution in [2.45, 2.75) is 31.5 Å². The first-order valence-corrected chi connectivity index (χ1v) is 15.4. The molecule has 2 N–H and O–H groups in total. The van der Waals surface area contributed by atoms with Crippen molar-refractivity contribution in [1.29, 1.82) is 0 Å². The summed E-state index contributed by atoms with van der Waals surface area (Å²) in [4.78, 5) is 27.4. The van der Waals surface area contributed by atoms with E-state index in [1.165, 1.54) is 12.7 Å². The second kappa shape index (κ2) is 11.8. The number of aliphatic imine (C=N–C) groups is 1. The molecule has 1 saturated heterocycles. The van der Waals surface area contributed by atoms with Gasteiger partial charge in [-0.05, 0) is 33.9 Å². The number of rotatable bonds is 9. The van der Waals surface area contributed by atoms with Crippen LogP contribution in [0, 0.1) is 0 Å². The van der Waals surface area contributed by atoms with Crippen LogP contribution >= 0.6 is 7.15 Å². The SMILES string of the molecule is [O-]C(=Nc1ncnc2c1ncn2[C@H]1C[C@H](O)[C@@H](CO[P+](O)([S-])OCc2ccc3ccccc3c2)O1)c1ccccc1. The summed E-state index contributed by atoms with van der Waals surface area (Å²) < 4.78 is 18.7. The lowest BCUT2D eigenvalue weighted by molar-refractivity contribution is -0.212. The van der Waals surface area contributed by atoms with Gasteiger partial charge in [-0.2, -0.15) is 9.05 Å². The molecule has 1 aliphatic rings. The van der Waals surface area contributed by atoms with Crippen LogP contribution in [0.5, 0.6) is 0 Å². The summed E-state index contributed by atoms with van der Waals surface area (Å²) in [7, 11) is -3.60. The van der Waals surface area contributed by atoms with Gasteiger partial charge in [0.25, 0.3) is 7.15 Å². The van der Waals surface area contributed by atoms with Crippen LogP contribution in [0.3, 0.4) is 0 Å². The van der Waals surface area contributed by atoms with E-state index >= 15 is 0 Å². The van der Waals surface area contributed by atoms with Gasteiger partial charge in [0, 0.05) is 6.42 Å². The average molecular weight is 591 g/mol. The second-order valence-corrected chi connectivity index (χ2v) is 12.3. The molecule has 0 radical (unpaired) electrons.